The first kappa shape index (κ1) is 12.3. The van der Waals surface area contributed by atoms with Crippen molar-refractivity contribution in [1.29, 1.82) is 5.26 Å². The molecule has 4 nitrogen and oxygen atoms in total. The number of hydrogen-bond donors (Lipinski definition) is 0. The molecule has 0 saturated carbocycles. The second-order valence-corrected chi connectivity index (χ2v) is 5.49. The zero-order valence-electron chi connectivity index (χ0n) is 10.7. The highest BCUT2D eigenvalue weighted by Gasteiger charge is 2.53. The van der Waals surface area contributed by atoms with Gasteiger partial charge in [0.15, 0.2) is 0 Å². The number of rotatable bonds is 1. The summed E-state index contributed by atoms with van der Waals surface area (Å²) in [6.45, 7) is 8.68. The van der Waals surface area contributed by atoms with Crippen LogP contribution in [0.2, 0.25) is 5.82 Å². The molecule has 0 aromatic carbocycles. The third-order valence-corrected chi connectivity index (χ3v) is 3.71. The minimum absolute atomic E-state index is 0.0909. The van der Waals surface area contributed by atoms with Gasteiger partial charge in [-0.05, 0) is 33.8 Å². The highest BCUT2D eigenvalue weighted by Crippen LogP contribution is 2.40. The van der Waals surface area contributed by atoms with Crippen LogP contribution in [0.3, 0.4) is 0 Å². The molecule has 2 rings (SSSR count). The van der Waals surface area contributed by atoms with Gasteiger partial charge in [0, 0.05) is 12.4 Å². The molecule has 1 unspecified atom stereocenters. The summed E-state index contributed by atoms with van der Waals surface area (Å²) in [6.07, 6.45) is 3.69. The van der Waals surface area contributed by atoms with Crippen LogP contribution >= 0.6 is 0 Å². The lowest BCUT2D eigenvalue weighted by atomic mass is 9.71. The van der Waals surface area contributed by atoms with Gasteiger partial charge >= 0.3 is 7.12 Å². The SMILES string of the molecule is CC1(C)OB(C2C=CC(C#N)=NC2)OC1(C)C. The van der Waals surface area contributed by atoms with Gasteiger partial charge < -0.3 is 9.31 Å². The van der Waals surface area contributed by atoms with E-state index >= 15 is 0 Å². The molecule has 0 aliphatic carbocycles. The van der Waals surface area contributed by atoms with E-state index < -0.39 is 0 Å². The molecule has 1 saturated heterocycles. The summed E-state index contributed by atoms with van der Waals surface area (Å²) in [5.74, 6) is 0.0909. The molecule has 1 fully saturated rings. The molecule has 2 aliphatic rings. The fraction of sp³-hybridized carbons (Fsp3) is 0.667. The van der Waals surface area contributed by atoms with Crippen molar-refractivity contribution < 1.29 is 9.31 Å². The van der Waals surface area contributed by atoms with Crippen LogP contribution in [0.1, 0.15) is 27.7 Å². The first-order valence-electron chi connectivity index (χ1n) is 5.84. The van der Waals surface area contributed by atoms with Crippen LogP contribution in [-0.2, 0) is 9.31 Å². The molecule has 0 aromatic heterocycles. The van der Waals surface area contributed by atoms with E-state index in [1.807, 2.05) is 39.8 Å². The van der Waals surface area contributed by atoms with Gasteiger partial charge in [0.05, 0.1) is 11.2 Å². The normalized spacial score (nSPS) is 29.9. The minimum Gasteiger partial charge on any atom is -0.403 e. The van der Waals surface area contributed by atoms with E-state index in [1.165, 1.54) is 0 Å². The molecule has 1 atom stereocenters. The molecule has 0 aromatic rings. The standard InChI is InChI=1S/C12H17BN2O2/c1-11(2)12(3,4)17-13(16-11)9-5-6-10(7-14)15-8-9/h5-6,9H,8H2,1-4H3. The second-order valence-electron chi connectivity index (χ2n) is 5.49. The van der Waals surface area contributed by atoms with E-state index in [-0.39, 0.29) is 24.1 Å². The monoisotopic (exact) mass is 232 g/mol. The van der Waals surface area contributed by atoms with Crippen molar-refractivity contribution in [2.75, 3.05) is 6.54 Å². The molecular weight excluding hydrogens is 215 g/mol. The molecule has 17 heavy (non-hydrogen) atoms. The van der Waals surface area contributed by atoms with Crippen molar-refractivity contribution in [3.05, 3.63) is 12.2 Å². The Bertz CT molecular complexity index is 405. The molecular formula is C12H17BN2O2. The van der Waals surface area contributed by atoms with Gasteiger partial charge in [-0.1, -0.05) is 6.08 Å². The molecule has 0 amide bonds. The van der Waals surface area contributed by atoms with Crippen LogP contribution in [0.25, 0.3) is 0 Å². The molecule has 0 N–H and O–H groups in total. The van der Waals surface area contributed by atoms with Gasteiger partial charge in [0.2, 0.25) is 0 Å². The summed E-state index contributed by atoms with van der Waals surface area (Å²) in [5, 5.41) is 8.71. The third-order valence-electron chi connectivity index (χ3n) is 3.71. The number of nitrogens with zero attached hydrogens (tertiary/aromatic N) is 2. The first-order chi connectivity index (χ1) is 7.86. The minimum atomic E-state index is -0.315. The Kier molecular flexibility index (Phi) is 2.88. The summed E-state index contributed by atoms with van der Waals surface area (Å²) in [5.41, 5.74) is -0.159. The average Bonchev–Trinajstić information content (AvgIpc) is 2.48. The van der Waals surface area contributed by atoms with Gasteiger partial charge in [-0.3, -0.25) is 4.99 Å². The van der Waals surface area contributed by atoms with E-state index in [2.05, 4.69) is 4.99 Å². The Labute approximate surface area is 102 Å². The van der Waals surface area contributed by atoms with Crippen LogP contribution < -0.4 is 0 Å². The smallest absolute Gasteiger partial charge is 0.403 e. The molecule has 2 heterocycles. The summed E-state index contributed by atoms with van der Waals surface area (Å²) in [6, 6.07) is 2.03. The highest BCUT2D eigenvalue weighted by atomic mass is 16.7. The van der Waals surface area contributed by atoms with Crippen molar-refractivity contribution in [1.82, 2.24) is 0 Å². The summed E-state index contributed by atoms with van der Waals surface area (Å²) >= 11 is 0. The maximum absolute atomic E-state index is 8.71. The molecule has 0 bridgehead atoms. The highest BCUT2D eigenvalue weighted by molar-refractivity contribution is 6.48. The first-order valence-corrected chi connectivity index (χ1v) is 5.84. The Hall–Kier alpha value is -1.12. The van der Waals surface area contributed by atoms with E-state index in [4.69, 9.17) is 14.6 Å². The number of aliphatic imine (C=N–C) groups is 1. The van der Waals surface area contributed by atoms with E-state index in [1.54, 1.807) is 6.08 Å². The third kappa shape index (κ3) is 2.15. The van der Waals surface area contributed by atoms with Crippen molar-refractivity contribution in [2.45, 2.75) is 44.7 Å². The Morgan fingerprint density at radius 2 is 1.94 bits per heavy atom. The van der Waals surface area contributed by atoms with Gasteiger partial charge in [-0.25, -0.2) is 0 Å². The number of hydrogen-bond acceptors (Lipinski definition) is 4. The summed E-state index contributed by atoms with van der Waals surface area (Å²) in [7, 11) is -0.278. The zero-order chi connectivity index (χ0) is 12.7. The fourth-order valence-corrected chi connectivity index (χ4v) is 1.84. The summed E-state index contributed by atoms with van der Waals surface area (Å²) < 4.78 is 11.9. The van der Waals surface area contributed by atoms with Crippen molar-refractivity contribution in [3.63, 3.8) is 0 Å². The lowest BCUT2D eigenvalue weighted by molar-refractivity contribution is 0.00578. The molecule has 0 spiro atoms. The van der Waals surface area contributed by atoms with Gasteiger partial charge in [-0.15, -0.1) is 0 Å². The largest absolute Gasteiger partial charge is 0.467 e. The molecule has 0 radical (unpaired) electrons. The lowest BCUT2D eigenvalue weighted by Gasteiger charge is -2.32. The van der Waals surface area contributed by atoms with Crippen molar-refractivity contribution >= 4 is 12.8 Å². The van der Waals surface area contributed by atoms with Crippen LogP contribution in [0, 0.1) is 11.3 Å². The Balaban J connectivity index is 2.07. The van der Waals surface area contributed by atoms with Crippen LogP contribution in [0.15, 0.2) is 17.1 Å². The molecule has 90 valence electrons. The number of allylic oxidation sites excluding steroid dienone is 1. The van der Waals surface area contributed by atoms with Crippen LogP contribution in [0.4, 0.5) is 0 Å². The van der Waals surface area contributed by atoms with E-state index in [0.29, 0.717) is 12.3 Å². The van der Waals surface area contributed by atoms with E-state index in [0.717, 1.165) is 0 Å². The Morgan fingerprint density at radius 1 is 1.35 bits per heavy atom. The lowest BCUT2D eigenvalue weighted by Crippen LogP contribution is -2.41. The molecule has 2 aliphatic heterocycles. The number of dihydropyridines is 1. The predicted octanol–water partition coefficient (Wildman–Crippen LogP) is 1.98. The average molecular weight is 232 g/mol. The fourth-order valence-electron chi connectivity index (χ4n) is 1.84. The van der Waals surface area contributed by atoms with Gasteiger partial charge in [0.1, 0.15) is 11.8 Å². The topological polar surface area (TPSA) is 54.6 Å². The Morgan fingerprint density at radius 3 is 2.35 bits per heavy atom. The molecule has 5 heteroatoms. The van der Waals surface area contributed by atoms with Gasteiger partial charge in [0.25, 0.3) is 0 Å². The number of nitriles is 1. The summed E-state index contributed by atoms with van der Waals surface area (Å²) in [4.78, 5) is 4.18. The second kappa shape index (κ2) is 3.97. The van der Waals surface area contributed by atoms with Crippen molar-refractivity contribution in [3.8, 4) is 6.07 Å². The van der Waals surface area contributed by atoms with Crippen molar-refractivity contribution in [2.24, 2.45) is 4.99 Å². The maximum atomic E-state index is 8.71. The maximum Gasteiger partial charge on any atom is 0.467 e. The van der Waals surface area contributed by atoms with Gasteiger partial charge in [-0.2, -0.15) is 5.26 Å². The van der Waals surface area contributed by atoms with Crippen LogP contribution in [0.5, 0.6) is 0 Å². The quantitative estimate of drug-likeness (QED) is 0.649. The predicted molar refractivity (Wildman–Crippen MR) is 66.9 cm³/mol. The van der Waals surface area contributed by atoms with E-state index in [9.17, 15) is 0 Å². The van der Waals surface area contributed by atoms with Crippen LogP contribution in [-0.4, -0.2) is 30.6 Å². The zero-order valence-corrected chi connectivity index (χ0v) is 10.7.